The van der Waals surface area contributed by atoms with Crippen LogP contribution in [0.3, 0.4) is 0 Å². The Labute approximate surface area is 115 Å². The summed E-state index contributed by atoms with van der Waals surface area (Å²) < 4.78 is 0. The number of amides is 1. The first-order chi connectivity index (χ1) is 8.56. The van der Waals surface area contributed by atoms with E-state index in [9.17, 15) is 4.79 Å². The summed E-state index contributed by atoms with van der Waals surface area (Å²) in [6.45, 7) is 2.67. The second-order valence-electron chi connectivity index (χ2n) is 3.98. The van der Waals surface area contributed by atoms with E-state index in [0.29, 0.717) is 17.1 Å². The zero-order chi connectivity index (χ0) is 13.1. The van der Waals surface area contributed by atoms with Crippen LogP contribution in [-0.4, -0.2) is 5.91 Å². The van der Waals surface area contributed by atoms with Crippen molar-refractivity contribution in [3.63, 3.8) is 0 Å². The molecule has 3 N–H and O–H groups in total. The number of rotatable bonds is 4. The fraction of sp³-hybridized carbons (Fsp3) is 0.154. The quantitative estimate of drug-likeness (QED) is 0.902. The Morgan fingerprint density at radius 2 is 2.22 bits per heavy atom. The molecule has 1 aromatic carbocycles. The lowest BCUT2D eigenvalue weighted by atomic mass is 10.2. The van der Waals surface area contributed by atoms with E-state index >= 15 is 0 Å². The average Bonchev–Trinajstić information content (AvgIpc) is 2.79. The Kier molecular flexibility index (Phi) is 3.89. The summed E-state index contributed by atoms with van der Waals surface area (Å²) in [5, 5.41) is 5.77. The Morgan fingerprint density at radius 3 is 2.89 bits per heavy atom. The van der Waals surface area contributed by atoms with Gasteiger partial charge in [-0.15, -0.1) is 11.3 Å². The zero-order valence-corrected chi connectivity index (χ0v) is 11.4. The molecule has 0 aliphatic rings. The molecule has 94 valence electrons. The SMILES string of the molecule is Cc1ccc(Cl)cc1NCc1cc(C(N)=O)cs1. The summed E-state index contributed by atoms with van der Waals surface area (Å²) in [7, 11) is 0. The lowest BCUT2D eigenvalue weighted by Crippen LogP contribution is -2.09. The van der Waals surface area contributed by atoms with E-state index in [2.05, 4.69) is 5.32 Å². The van der Waals surface area contributed by atoms with Crippen LogP contribution < -0.4 is 11.1 Å². The monoisotopic (exact) mass is 280 g/mol. The summed E-state index contributed by atoms with van der Waals surface area (Å²) >= 11 is 7.46. The topological polar surface area (TPSA) is 55.1 Å². The van der Waals surface area contributed by atoms with Gasteiger partial charge in [0.1, 0.15) is 0 Å². The summed E-state index contributed by atoms with van der Waals surface area (Å²) in [5.74, 6) is -0.392. The molecule has 1 aromatic heterocycles. The Bertz CT molecular complexity index is 580. The predicted octanol–water partition coefficient (Wildman–Crippen LogP) is 3.42. The number of carbonyl (C=O) groups is 1. The second-order valence-corrected chi connectivity index (χ2v) is 5.41. The number of hydrogen-bond acceptors (Lipinski definition) is 3. The third-order valence-electron chi connectivity index (χ3n) is 2.59. The van der Waals surface area contributed by atoms with Gasteiger partial charge in [0, 0.05) is 27.5 Å². The molecular weight excluding hydrogens is 268 g/mol. The van der Waals surface area contributed by atoms with Crippen molar-refractivity contribution >= 4 is 34.5 Å². The smallest absolute Gasteiger partial charge is 0.249 e. The van der Waals surface area contributed by atoms with Crippen LogP contribution in [0.2, 0.25) is 5.02 Å². The van der Waals surface area contributed by atoms with Gasteiger partial charge in [0.2, 0.25) is 5.91 Å². The van der Waals surface area contributed by atoms with Crippen LogP contribution in [0, 0.1) is 6.92 Å². The number of aryl methyl sites for hydroxylation is 1. The van der Waals surface area contributed by atoms with Gasteiger partial charge in [0.15, 0.2) is 0 Å². The second kappa shape index (κ2) is 5.42. The molecule has 2 aromatic rings. The van der Waals surface area contributed by atoms with Crippen LogP contribution >= 0.6 is 22.9 Å². The summed E-state index contributed by atoms with van der Waals surface area (Å²) in [4.78, 5) is 12.0. The molecule has 3 nitrogen and oxygen atoms in total. The average molecular weight is 281 g/mol. The first-order valence-electron chi connectivity index (χ1n) is 5.43. The van der Waals surface area contributed by atoms with E-state index in [1.165, 1.54) is 11.3 Å². The molecule has 0 unspecified atom stereocenters. The molecule has 0 spiro atoms. The molecule has 0 aliphatic heterocycles. The molecule has 1 amide bonds. The van der Waals surface area contributed by atoms with E-state index in [4.69, 9.17) is 17.3 Å². The lowest BCUT2D eigenvalue weighted by molar-refractivity contribution is 0.100. The highest BCUT2D eigenvalue weighted by Gasteiger charge is 2.05. The van der Waals surface area contributed by atoms with Gasteiger partial charge in [-0.25, -0.2) is 0 Å². The Morgan fingerprint density at radius 1 is 1.44 bits per heavy atom. The number of nitrogens with two attached hydrogens (primary N) is 1. The zero-order valence-electron chi connectivity index (χ0n) is 9.87. The van der Waals surface area contributed by atoms with E-state index in [1.54, 1.807) is 11.4 Å². The predicted molar refractivity (Wildman–Crippen MR) is 76.4 cm³/mol. The van der Waals surface area contributed by atoms with E-state index < -0.39 is 5.91 Å². The van der Waals surface area contributed by atoms with Crippen LogP contribution in [-0.2, 0) is 6.54 Å². The van der Waals surface area contributed by atoms with Crippen molar-refractivity contribution in [3.05, 3.63) is 50.7 Å². The molecule has 0 radical (unpaired) electrons. The molecule has 18 heavy (non-hydrogen) atoms. The highest BCUT2D eigenvalue weighted by molar-refractivity contribution is 7.10. The Balaban J connectivity index is 2.06. The standard InChI is InChI=1S/C13H13ClN2OS/c1-8-2-3-10(14)5-12(8)16-6-11-4-9(7-18-11)13(15)17/h2-5,7,16H,6H2,1H3,(H2,15,17). The van der Waals surface area contributed by atoms with E-state index in [0.717, 1.165) is 16.1 Å². The number of primary amides is 1. The minimum Gasteiger partial charge on any atom is -0.380 e. The number of nitrogens with one attached hydrogen (secondary N) is 1. The summed E-state index contributed by atoms with van der Waals surface area (Å²) in [5.41, 5.74) is 7.89. The van der Waals surface area contributed by atoms with Gasteiger partial charge in [-0.2, -0.15) is 0 Å². The normalized spacial score (nSPS) is 10.3. The van der Waals surface area contributed by atoms with Crippen molar-refractivity contribution in [2.75, 3.05) is 5.32 Å². The van der Waals surface area contributed by atoms with Gasteiger partial charge < -0.3 is 11.1 Å². The Hall–Kier alpha value is -1.52. The van der Waals surface area contributed by atoms with Gasteiger partial charge in [-0.05, 0) is 30.7 Å². The maximum Gasteiger partial charge on any atom is 0.249 e. The highest BCUT2D eigenvalue weighted by atomic mass is 35.5. The third kappa shape index (κ3) is 3.03. The number of carbonyl (C=O) groups excluding carboxylic acids is 1. The number of hydrogen-bond donors (Lipinski definition) is 2. The van der Waals surface area contributed by atoms with Crippen LogP contribution in [0.5, 0.6) is 0 Å². The molecule has 0 fully saturated rings. The largest absolute Gasteiger partial charge is 0.380 e. The van der Waals surface area contributed by atoms with Crippen molar-refractivity contribution in [1.29, 1.82) is 0 Å². The lowest BCUT2D eigenvalue weighted by Gasteiger charge is -2.08. The fourth-order valence-electron chi connectivity index (χ4n) is 1.57. The minimum atomic E-state index is -0.392. The summed E-state index contributed by atoms with van der Waals surface area (Å²) in [6, 6.07) is 7.52. The first kappa shape index (κ1) is 12.9. The molecule has 2 rings (SSSR count). The number of thiophene rings is 1. The number of benzene rings is 1. The molecule has 0 aliphatic carbocycles. The van der Waals surface area contributed by atoms with Gasteiger partial charge in [0.25, 0.3) is 0 Å². The van der Waals surface area contributed by atoms with Gasteiger partial charge >= 0.3 is 0 Å². The van der Waals surface area contributed by atoms with E-state index in [1.807, 2.05) is 25.1 Å². The van der Waals surface area contributed by atoms with E-state index in [-0.39, 0.29) is 0 Å². The molecular formula is C13H13ClN2OS. The van der Waals surface area contributed by atoms with Crippen molar-refractivity contribution in [1.82, 2.24) is 0 Å². The molecule has 0 atom stereocenters. The van der Waals surface area contributed by atoms with Crippen LogP contribution in [0.1, 0.15) is 20.8 Å². The van der Waals surface area contributed by atoms with Crippen molar-refractivity contribution in [2.24, 2.45) is 5.73 Å². The first-order valence-corrected chi connectivity index (χ1v) is 6.69. The molecule has 0 bridgehead atoms. The molecule has 0 saturated heterocycles. The van der Waals surface area contributed by atoms with Gasteiger partial charge in [0.05, 0.1) is 5.56 Å². The van der Waals surface area contributed by atoms with Crippen LogP contribution in [0.4, 0.5) is 5.69 Å². The molecule has 1 heterocycles. The van der Waals surface area contributed by atoms with Crippen LogP contribution in [0.25, 0.3) is 0 Å². The third-order valence-corrected chi connectivity index (χ3v) is 3.76. The minimum absolute atomic E-state index is 0.392. The molecule has 5 heteroatoms. The van der Waals surface area contributed by atoms with Crippen molar-refractivity contribution < 1.29 is 4.79 Å². The summed E-state index contributed by atoms with van der Waals surface area (Å²) in [6.07, 6.45) is 0. The number of anilines is 1. The maximum atomic E-state index is 11.0. The van der Waals surface area contributed by atoms with Crippen molar-refractivity contribution in [2.45, 2.75) is 13.5 Å². The maximum absolute atomic E-state index is 11.0. The van der Waals surface area contributed by atoms with Gasteiger partial charge in [-0.3, -0.25) is 4.79 Å². The van der Waals surface area contributed by atoms with Crippen LogP contribution in [0.15, 0.2) is 29.6 Å². The van der Waals surface area contributed by atoms with Crippen molar-refractivity contribution in [3.8, 4) is 0 Å². The molecule has 0 saturated carbocycles. The number of halogens is 1. The highest BCUT2D eigenvalue weighted by Crippen LogP contribution is 2.22. The fourth-order valence-corrected chi connectivity index (χ4v) is 2.55. The van der Waals surface area contributed by atoms with Gasteiger partial charge in [-0.1, -0.05) is 17.7 Å².